The number of amides is 1. The molecule has 0 aliphatic heterocycles. The molecule has 0 bridgehead atoms. The molecule has 0 saturated carbocycles. The number of hydrogen-bond acceptors (Lipinski definition) is 5. The number of aryl methyl sites for hydroxylation is 2. The van der Waals surface area contributed by atoms with E-state index in [1.165, 1.54) is 0 Å². The van der Waals surface area contributed by atoms with E-state index < -0.39 is 0 Å². The highest BCUT2D eigenvalue weighted by molar-refractivity contribution is 7.09. The summed E-state index contributed by atoms with van der Waals surface area (Å²) >= 11 is 1.60. The molecule has 2 aromatic rings. The zero-order valence-corrected chi connectivity index (χ0v) is 11.2. The molecule has 6 heteroatoms. The van der Waals surface area contributed by atoms with Gasteiger partial charge in [0.1, 0.15) is 5.76 Å². The predicted molar refractivity (Wildman–Crippen MR) is 68.5 cm³/mol. The molecule has 1 N–H and O–H groups in total. The summed E-state index contributed by atoms with van der Waals surface area (Å²) in [6, 6.07) is 0. The van der Waals surface area contributed by atoms with Crippen molar-refractivity contribution in [3.8, 4) is 0 Å². The zero-order valence-electron chi connectivity index (χ0n) is 10.4. The van der Waals surface area contributed by atoms with Crippen molar-refractivity contribution in [1.29, 1.82) is 0 Å². The number of thiazole rings is 1. The molecule has 2 heterocycles. The molecule has 2 rings (SSSR count). The summed E-state index contributed by atoms with van der Waals surface area (Å²) in [7, 11) is 0. The Hall–Kier alpha value is -1.69. The molecule has 0 aromatic carbocycles. The van der Waals surface area contributed by atoms with Gasteiger partial charge in [0.2, 0.25) is 5.91 Å². The van der Waals surface area contributed by atoms with Crippen LogP contribution in [0.2, 0.25) is 0 Å². The average Bonchev–Trinajstić information content (AvgIpc) is 2.94. The van der Waals surface area contributed by atoms with E-state index in [1.54, 1.807) is 17.5 Å². The fraction of sp³-hybridized carbons (Fsp3) is 0.417. The van der Waals surface area contributed by atoms with E-state index in [1.807, 2.05) is 19.2 Å². The van der Waals surface area contributed by atoms with E-state index in [9.17, 15) is 4.79 Å². The molecule has 0 fully saturated rings. The van der Waals surface area contributed by atoms with Crippen molar-refractivity contribution < 1.29 is 9.32 Å². The highest BCUT2D eigenvalue weighted by atomic mass is 32.1. The summed E-state index contributed by atoms with van der Waals surface area (Å²) in [5.74, 6) is 0.698. The molecular weight excluding hydrogens is 250 g/mol. The molecule has 18 heavy (non-hydrogen) atoms. The summed E-state index contributed by atoms with van der Waals surface area (Å²) in [4.78, 5) is 15.9. The molecule has 0 radical (unpaired) electrons. The number of carbonyl (C=O) groups is 1. The lowest BCUT2D eigenvalue weighted by atomic mass is 10.1. The quantitative estimate of drug-likeness (QED) is 0.892. The van der Waals surface area contributed by atoms with Crippen molar-refractivity contribution in [2.24, 2.45) is 0 Å². The lowest BCUT2D eigenvalue weighted by molar-refractivity contribution is -0.120. The molecule has 0 aliphatic rings. The smallest absolute Gasteiger partial charge is 0.224 e. The summed E-state index contributed by atoms with van der Waals surface area (Å²) in [6.07, 6.45) is 2.86. The first-order valence-electron chi connectivity index (χ1n) is 5.73. The number of hydrogen-bond donors (Lipinski definition) is 1. The summed E-state index contributed by atoms with van der Waals surface area (Å²) in [5.41, 5.74) is 1.66. The Morgan fingerprint density at radius 2 is 2.33 bits per heavy atom. The minimum absolute atomic E-state index is 0.0130. The lowest BCUT2D eigenvalue weighted by Crippen LogP contribution is -2.27. The molecule has 2 aromatic heterocycles. The van der Waals surface area contributed by atoms with Crippen molar-refractivity contribution in [2.45, 2.75) is 26.7 Å². The van der Waals surface area contributed by atoms with Crippen LogP contribution in [0.1, 0.15) is 22.0 Å². The van der Waals surface area contributed by atoms with Gasteiger partial charge in [-0.1, -0.05) is 5.16 Å². The van der Waals surface area contributed by atoms with Crippen LogP contribution in [0.3, 0.4) is 0 Å². The molecule has 0 spiro atoms. The average molecular weight is 265 g/mol. The Labute approximate surface area is 109 Å². The molecule has 0 aliphatic carbocycles. The van der Waals surface area contributed by atoms with Crippen molar-refractivity contribution >= 4 is 17.2 Å². The normalized spacial score (nSPS) is 10.6. The highest BCUT2D eigenvalue weighted by Gasteiger charge is 2.12. The number of rotatable bonds is 5. The van der Waals surface area contributed by atoms with Gasteiger partial charge in [-0.25, -0.2) is 4.98 Å². The van der Waals surface area contributed by atoms with E-state index in [0.29, 0.717) is 18.7 Å². The minimum atomic E-state index is -0.0130. The third kappa shape index (κ3) is 3.16. The maximum Gasteiger partial charge on any atom is 0.224 e. The van der Waals surface area contributed by atoms with Crippen LogP contribution in [-0.2, 0) is 17.6 Å². The fourth-order valence-corrected chi connectivity index (χ4v) is 2.28. The van der Waals surface area contributed by atoms with Gasteiger partial charge in [-0.2, -0.15) is 0 Å². The van der Waals surface area contributed by atoms with Crippen LogP contribution in [0.5, 0.6) is 0 Å². The largest absolute Gasteiger partial charge is 0.361 e. The van der Waals surface area contributed by atoms with Crippen molar-refractivity contribution in [3.63, 3.8) is 0 Å². The maximum atomic E-state index is 11.7. The first kappa shape index (κ1) is 12.8. The SMILES string of the molecule is Cc1noc(C)c1CC(=O)NCCc1nccs1. The lowest BCUT2D eigenvalue weighted by Gasteiger charge is -2.03. The third-order valence-corrected chi connectivity index (χ3v) is 3.50. The summed E-state index contributed by atoms with van der Waals surface area (Å²) in [6.45, 7) is 4.27. The standard InChI is InChI=1S/C12H15N3O2S/c1-8-10(9(2)17-15-8)7-11(16)13-4-3-12-14-5-6-18-12/h5-6H,3-4,7H2,1-2H3,(H,13,16). The Morgan fingerprint density at radius 3 is 2.94 bits per heavy atom. The highest BCUT2D eigenvalue weighted by Crippen LogP contribution is 2.12. The van der Waals surface area contributed by atoms with Gasteiger partial charge < -0.3 is 9.84 Å². The van der Waals surface area contributed by atoms with Crippen LogP contribution in [0.15, 0.2) is 16.1 Å². The van der Waals surface area contributed by atoms with Crippen molar-refractivity contribution in [3.05, 3.63) is 33.6 Å². The maximum absolute atomic E-state index is 11.7. The van der Waals surface area contributed by atoms with Crippen LogP contribution in [0.25, 0.3) is 0 Å². The molecular formula is C12H15N3O2S. The number of nitrogens with zero attached hydrogens (tertiary/aromatic N) is 2. The Morgan fingerprint density at radius 1 is 1.50 bits per heavy atom. The Kier molecular flexibility index (Phi) is 4.09. The van der Waals surface area contributed by atoms with Gasteiger partial charge in [-0.15, -0.1) is 11.3 Å². The molecule has 0 unspecified atom stereocenters. The molecule has 0 saturated heterocycles. The van der Waals surface area contributed by atoms with E-state index in [-0.39, 0.29) is 5.91 Å². The van der Waals surface area contributed by atoms with E-state index >= 15 is 0 Å². The van der Waals surface area contributed by atoms with Crippen molar-refractivity contribution in [1.82, 2.24) is 15.5 Å². The first-order valence-corrected chi connectivity index (χ1v) is 6.61. The van der Waals surface area contributed by atoms with Gasteiger partial charge in [0.15, 0.2) is 0 Å². The third-order valence-electron chi connectivity index (χ3n) is 2.66. The number of nitrogens with one attached hydrogen (secondary N) is 1. The van der Waals surface area contributed by atoms with Gasteiger partial charge in [0, 0.05) is 30.1 Å². The summed E-state index contributed by atoms with van der Waals surface area (Å²) < 4.78 is 5.02. The second kappa shape index (κ2) is 5.77. The number of carbonyl (C=O) groups excluding carboxylic acids is 1. The predicted octanol–water partition coefficient (Wildman–Crippen LogP) is 1.65. The van der Waals surface area contributed by atoms with Gasteiger partial charge in [-0.05, 0) is 13.8 Å². The van der Waals surface area contributed by atoms with Crippen LogP contribution in [0, 0.1) is 13.8 Å². The molecule has 96 valence electrons. The molecule has 1 amide bonds. The monoisotopic (exact) mass is 265 g/mol. The van der Waals surface area contributed by atoms with Gasteiger partial charge in [0.05, 0.1) is 17.1 Å². The first-order chi connectivity index (χ1) is 8.66. The van der Waals surface area contributed by atoms with Crippen LogP contribution in [0.4, 0.5) is 0 Å². The van der Waals surface area contributed by atoms with Crippen LogP contribution in [-0.4, -0.2) is 22.6 Å². The molecule has 0 atom stereocenters. The Balaban J connectivity index is 1.79. The zero-order chi connectivity index (χ0) is 13.0. The van der Waals surface area contributed by atoms with Gasteiger partial charge in [0.25, 0.3) is 0 Å². The van der Waals surface area contributed by atoms with Crippen LogP contribution >= 0.6 is 11.3 Å². The van der Waals surface area contributed by atoms with Crippen molar-refractivity contribution in [2.75, 3.05) is 6.54 Å². The molecule has 5 nitrogen and oxygen atoms in total. The van der Waals surface area contributed by atoms with E-state index in [4.69, 9.17) is 4.52 Å². The topological polar surface area (TPSA) is 68.0 Å². The van der Waals surface area contributed by atoms with Gasteiger partial charge >= 0.3 is 0 Å². The second-order valence-electron chi connectivity index (χ2n) is 4.01. The van der Waals surface area contributed by atoms with E-state index in [0.717, 1.165) is 22.7 Å². The minimum Gasteiger partial charge on any atom is -0.361 e. The van der Waals surface area contributed by atoms with Gasteiger partial charge in [-0.3, -0.25) is 4.79 Å². The Bertz CT molecular complexity index is 500. The fourth-order valence-electron chi connectivity index (χ4n) is 1.66. The van der Waals surface area contributed by atoms with Crippen LogP contribution < -0.4 is 5.32 Å². The second-order valence-corrected chi connectivity index (χ2v) is 4.98. The number of aromatic nitrogens is 2. The van der Waals surface area contributed by atoms with E-state index in [2.05, 4.69) is 15.5 Å². The summed E-state index contributed by atoms with van der Waals surface area (Å²) in [5, 5.41) is 9.67.